The molecule has 0 aliphatic heterocycles. The molecule has 3 rings (SSSR count). The molecule has 0 saturated heterocycles. The lowest BCUT2D eigenvalue weighted by Crippen LogP contribution is -2.20. The Kier molecular flexibility index (Phi) is 6.06. The molecule has 144 valence electrons. The summed E-state index contributed by atoms with van der Waals surface area (Å²) in [4.78, 5) is 16.4. The van der Waals surface area contributed by atoms with E-state index in [9.17, 15) is 4.79 Å². The summed E-state index contributed by atoms with van der Waals surface area (Å²) in [5, 5.41) is 6.67. The number of hydrogen-bond acceptors (Lipinski definition) is 6. The first kappa shape index (κ1) is 19.2. The van der Waals surface area contributed by atoms with Crippen molar-refractivity contribution in [3.05, 3.63) is 65.6 Å². The molecule has 1 amide bonds. The average molecular weight is 379 g/mol. The van der Waals surface area contributed by atoms with Crippen LogP contribution in [0.2, 0.25) is 0 Å². The average Bonchev–Trinajstić information content (AvgIpc) is 3.19. The number of aromatic nitrogens is 2. The molecule has 0 radical (unpaired) electrons. The number of methoxy groups -OCH3 is 2. The monoisotopic (exact) mass is 379 g/mol. The molecule has 2 aromatic carbocycles. The minimum Gasteiger partial charge on any atom is -0.493 e. The Balaban J connectivity index is 1.58. The fourth-order valence-corrected chi connectivity index (χ4v) is 2.58. The van der Waals surface area contributed by atoms with Gasteiger partial charge >= 0.3 is 0 Å². The van der Waals surface area contributed by atoms with E-state index in [1.165, 1.54) is 6.08 Å². The highest BCUT2D eigenvalue weighted by molar-refractivity contribution is 5.91. The van der Waals surface area contributed by atoms with Crippen LogP contribution in [0.4, 0.5) is 0 Å². The minimum absolute atomic E-state index is 0.147. The van der Waals surface area contributed by atoms with Gasteiger partial charge in [-0.3, -0.25) is 4.79 Å². The first-order valence-electron chi connectivity index (χ1n) is 8.66. The number of amides is 1. The van der Waals surface area contributed by atoms with Crippen LogP contribution >= 0.6 is 0 Å². The van der Waals surface area contributed by atoms with Crippen LogP contribution in [-0.2, 0) is 11.3 Å². The molecule has 0 bridgehead atoms. The summed E-state index contributed by atoms with van der Waals surface area (Å²) in [6, 6.07) is 13.2. The summed E-state index contributed by atoms with van der Waals surface area (Å²) < 4.78 is 15.6. The van der Waals surface area contributed by atoms with Crippen molar-refractivity contribution in [1.29, 1.82) is 0 Å². The first-order chi connectivity index (χ1) is 13.6. The molecule has 0 aliphatic carbocycles. The summed E-state index contributed by atoms with van der Waals surface area (Å²) in [7, 11) is 3.14. The van der Waals surface area contributed by atoms with Crippen LogP contribution in [0.3, 0.4) is 0 Å². The number of aryl methyl sites for hydroxylation is 1. The van der Waals surface area contributed by atoms with Crippen molar-refractivity contribution >= 4 is 12.0 Å². The number of carbonyl (C=O) groups is 1. The van der Waals surface area contributed by atoms with E-state index < -0.39 is 0 Å². The van der Waals surface area contributed by atoms with Crippen molar-refractivity contribution in [1.82, 2.24) is 15.5 Å². The zero-order valence-electron chi connectivity index (χ0n) is 15.9. The van der Waals surface area contributed by atoms with E-state index in [2.05, 4.69) is 15.5 Å². The van der Waals surface area contributed by atoms with Gasteiger partial charge in [0.25, 0.3) is 0 Å². The van der Waals surface area contributed by atoms with Gasteiger partial charge in [0.15, 0.2) is 11.5 Å². The van der Waals surface area contributed by atoms with Gasteiger partial charge < -0.3 is 19.3 Å². The SMILES string of the molecule is COc1ccc(/C=C/C(=O)NCc2nc(-c3cccc(C)c3)no2)cc1OC. The highest BCUT2D eigenvalue weighted by Gasteiger charge is 2.09. The second kappa shape index (κ2) is 8.85. The molecule has 0 saturated carbocycles. The lowest BCUT2D eigenvalue weighted by Gasteiger charge is -2.07. The summed E-state index contributed by atoms with van der Waals surface area (Å²) >= 11 is 0. The van der Waals surface area contributed by atoms with Crippen LogP contribution in [0, 0.1) is 6.92 Å². The van der Waals surface area contributed by atoms with Crippen LogP contribution < -0.4 is 14.8 Å². The summed E-state index contributed by atoms with van der Waals surface area (Å²) in [6.07, 6.45) is 3.11. The number of ether oxygens (including phenoxy) is 2. The molecule has 7 nitrogen and oxygen atoms in total. The van der Waals surface area contributed by atoms with E-state index in [4.69, 9.17) is 14.0 Å². The number of nitrogens with zero attached hydrogens (tertiary/aromatic N) is 2. The van der Waals surface area contributed by atoms with E-state index in [-0.39, 0.29) is 12.5 Å². The predicted octanol–water partition coefficient (Wildman–Crippen LogP) is 3.39. The molecule has 7 heteroatoms. The largest absolute Gasteiger partial charge is 0.493 e. The molecule has 1 N–H and O–H groups in total. The zero-order chi connectivity index (χ0) is 19.9. The van der Waals surface area contributed by atoms with E-state index >= 15 is 0 Å². The third-order valence-electron chi connectivity index (χ3n) is 3.99. The zero-order valence-corrected chi connectivity index (χ0v) is 15.9. The highest BCUT2D eigenvalue weighted by atomic mass is 16.5. The number of benzene rings is 2. The van der Waals surface area contributed by atoms with E-state index in [1.54, 1.807) is 32.4 Å². The van der Waals surface area contributed by atoms with Crippen molar-refractivity contribution < 1.29 is 18.8 Å². The minimum atomic E-state index is -0.273. The first-order valence-corrected chi connectivity index (χ1v) is 8.66. The van der Waals surface area contributed by atoms with E-state index in [0.29, 0.717) is 23.2 Å². The van der Waals surface area contributed by atoms with Gasteiger partial charge in [-0.15, -0.1) is 0 Å². The Bertz CT molecular complexity index is 995. The molecule has 0 fully saturated rings. The maximum atomic E-state index is 12.0. The van der Waals surface area contributed by atoms with Crippen LogP contribution in [0.15, 0.2) is 53.1 Å². The number of carbonyl (C=O) groups excluding carboxylic acids is 1. The Morgan fingerprint density at radius 2 is 1.96 bits per heavy atom. The fraction of sp³-hybridized carbons (Fsp3) is 0.190. The molecule has 0 aliphatic rings. The van der Waals surface area contributed by atoms with Crippen molar-refractivity contribution in [3.8, 4) is 22.9 Å². The molecule has 3 aromatic rings. The second-order valence-corrected chi connectivity index (χ2v) is 6.05. The van der Waals surface area contributed by atoms with Gasteiger partial charge in [-0.2, -0.15) is 4.98 Å². The van der Waals surface area contributed by atoms with Gasteiger partial charge in [0.05, 0.1) is 20.8 Å². The maximum Gasteiger partial charge on any atom is 0.246 e. The number of nitrogens with one attached hydrogen (secondary N) is 1. The fourth-order valence-electron chi connectivity index (χ4n) is 2.58. The van der Waals surface area contributed by atoms with E-state index in [0.717, 1.165) is 16.7 Å². The summed E-state index contributed by atoms with van der Waals surface area (Å²) in [5.41, 5.74) is 2.79. The smallest absolute Gasteiger partial charge is 0.246 e. The molecular formula is C21H21N3O4. The summed E-state index contributed by atoms with van der Waals surface area (Å²) in [5.74, 6) is 1.78. The molecule has 1 aromatic heterocycles. The Labute approximate surface area is 163 Å². The molecule has 28 heavy (non-hydrogen) atoms. The van der Waals surface area contributed by atoms with Gasteiger partial charge in [-0.25, -0.2) is 0 Å². The topological polar surface area (TPSA) is 86.5 Å². The van der Waals surface area contributed by atoms with Crippen LogP contribution in [0.1, 0.15) is 17.0 Å². The quantitative estimate of drug-likeness (QED) is 0.633. The van der Waals surface area contributed by atoms with Gasteiger partial charge in [0, 0.05) is 11.6 Å². The molecule has 1 heterocycles. The third-order valence-corrected chi connectivity index (χ3v) is 3.99. The third kappa shape index (κ3) is 4.76. The Hall–Kier alpha value is -3.61. The summed E-state index contributed by atoms with van der Waals surface area (Å²) in [6.45, 7) is 2.14. The van der Waals surface area contributed by atoms with Gasteiger partial charge in [0.1, 0.15) is 0 Å². The number of hydrogen-bond donors (Lipinski definition) is 1. The van der Waals surface area contributed by atoms with Crippen LogP contribution in [0.5, 0.6) is 11.5 Å². The van der Waals surface area contributed by atoms with Gasteiger partial charge in [-0.1, -0.05) is 35.0 Å². The van der Waals surface area contributed by atoms with Crippen molar-refractivity contribution in [3.63, 3.8) is 0 Å². The Morgan fingerprint density at radius 3 is 2.71 bits per heavy atom. The maximum absolute atomic E-state index is 12.0. The standard InChI is InChI=1S/C21H21N3O4/c1-14-5-4-6-16(11-14)21-23-20(28-24-21)13-22-19(25)10-8-15-7-9-17(26-2)18(12-15)27-3/h4-12H,13H2,1-3H3,(H,22,25)/b10-8+. The van der Waals surface area contributed by atoms with Gasteiger partial charge in [-0.05, 0) is 36.8 Å². The van der Waals surface area contributed by atoms with Gasteiger partial charge in [0.2, 0.25) is 17.6 Å². The van der Waals surface area contributed by atoms with Crippen molar-refractivity contribution in [2.75, 3.05) is 14.2 Å². The van der Waals surface area contributed by atoms with E-state index in [1.807, 2.05) is 37.3 Å². The number of rotatable bonds is 7. The molecule has 0 unspecified atom stereocenters. The van der Waals surface area contributed by atoms with Crippen molar-refractivity contribution in [2.24, 2.45) is 0 Å². The molecule has 0 atom stereocenters. The van der Waals surface area contributed by atoms with Crippen molar-refractivity contribution in [2.45, 2.75) is 13.5 Å². The highest BCUT2D eigenvalue weighted by Crippen LogP contribution is 2.27. The lowest BCUT2D eigenvalue weighted by molar-refractivity contribution is -0.116. The second-order valence-electron chi connectivity index (χ2n) is 6.05. The molecule has 0 spiro atoms. The lowest BCUT2D eigenvalue weighted by atomic mass is 10.1. The van der Waals surface area contributed by atoms with Crippen LogP contribution in [-0.4, -0.2) is 30.3 Å². The molecular weight excluding hydrogens is 358 g/mol. The van der Waals surface area contributed by atoms with Crippen LogP contribution in [0.25, 0.3) is 17.5 Å². The Morgan fingerprint density at radius 1 is 1.14 bits per heavy atom. The normalized spacial score (nSPS) is 10.8. The predicted molar refractivity (Wildman–Crippen MR) is 105 cm³/mol.